The highest BCUT2D eigenvalue weighted by Crippen LogP contribution is 2.34. The zero-order chi connectivity index (χ0) is 21.8. The lowest BCUT2D eigenvalue weighted by atomic mass is 10.1. The normalized spacial score (nSPS) is 19.9. The standard InChI is InChI=1S/C18H25N3O6.C2H4/c1-5-18(3,4)27-17(24)26-10-25-15-12(22)7-9-21-14(15)11(2)20-8-6-13(23)16(20)19-21;1-2/h7,9,13,16,19,23H,2,5-6,8,10H2,1,3-4H3;1-2H2. The Morgan fingerprint density at radius 3 is 2.76 bits per heavy atom. The molecule has 0 amide bonds. The van der Waals surface area contributed by atoms with E-state index in [1.807, 2.05) is 11.8 Å². The first-order chi connectivity index (χ1) is 13.7. The Morgan fingerprint density at radius 2 is 2.10 bits per heavy atom. The second-order valence-electron chi connectivity index (χ2n) is 7.17. The Kier molecular flexibility index (Phi) is 6.97. The highest BCUT2D eigenvalue weighted by Gasteiger charge is 2.39. The van der Waals surface area contributed by atoms with Crippen LogP contribution in [-0.2, 0) is 9.47 Å². The number of aliphatic hydroxyl groups is 1. The fourth-order valence-corrected chi connectivity index (χ4v) is 3.01. The van der Waals surface area contributed by atoms with Gasteiger partial charge in [0.1, 0.15) is 17.5 Å². The van der Waals surface area contributed by atoms with Crippen molar-refractivity contribution in [1.29, 1.82) is 0 Å². The Morgan fingerprint density at radius 1 is 1.41 bits per heavy atom. The van der Waals surface area contributed by atoms with Crippen molar-refractivity contribution in [2.45, 2.75) is 51.5 Å². The van der Waals surface area contributed by atoms with Gasteiger partial charge < -0.3 is 29.6 Å². The molecule has 9 nitrogen and oxygen atoms in total. The van der Waals surface area contributed by atoms with Gasteiger partial charge in [0.05, 0.1) is 11.8 Å². The van der Waals surface area contributed by atoms with Crippen LogP contribution in [0.15, 0.2) is 36.8 Å². The lowest BCUT2D eigenvalue weighted by molar-refractivity contribution is -0.0442. The van der Waals surface area contributed by atoms with E-state index in [1.165, 1.54) is 6.07 Å². The van der Waals surface area contributed by atoms with E-state index in [0.717, 1.165) is 0 Å². The van der Waals surface area contributed by atoms with E-state index in [9.17, 15) is 14.7 Å². The van der Waals surface area contributed by atoms with Crippen LogP contribution in [0.25, 0.3) is 5.70 Å². The summed E-state index contributed by atoms with van der Waals surface area (Å²) in [6.45, 7) is 15.6. The number of hydrogen-bond acceptors (Lipinski definition) is 8. The van der Waals surface area contributed by atoms with Gasteiger partial charge in [0.25, 0.3) is 0 Å². The van der Waals surface area contributed by atoms with Gasteiger partial charge in [0.2, 0.25) is 12.2 Å². The Balaban J connectivity index is 0.00000145. The van der Waals surface area contributed by atoms with Crippen molar-refractivity contribution < 1.29 is 24.1 Å². The number of carbonyl (C=O) groups excluding carboxylic acids is 1. The quantitative estimate of drug-likeness (QED) is 0.435. The van der Waals surface area contributed by atoms with Crippen LogP contribution in [0.1, 0.15) is 39.3 Å². The molecule has 9 heteroatoms. The lowest BCUT2D eigenvalue weighted by Gasteiger charge is -2.38. The van der Waals surface area contributed by atoms with Crippen molar-refractivity contribution in [3.05, 3.63) is 47.9 Å². The average molecular weight is 407 g/mol. The number of pyridine rings is 1. The highest BCUT2D eigenvalue weighted by molar-refractivity contribution is 5.67. The van der Waals surface area contributed by atoms with Gasteiger partial charge in [-0.15, -0.1) is 13.2 Å². The molecule has 1 fully saturated rings. The maximum atomic E-state index is 12.3. The molecule has 0 bridgehead atoms. The van der Waals surface area contributed by atoms with Crippen molar-refractivity contribution in [2.75, 3.05) is 18.8 Å². The van der Waals surface area contributed by atoms with Gasteiger partial charge in [0, 0.05) is 18.8 Å². The van der Waals surface area contributed by atoms with Crippen molar-refractivity contribution in [1.82, 2.24) is 9.58 Å². The molecule has 1 aromatic rings. The fourth-order valence-electron chi connectivity index (χ4n) is 3.01. The second kappa shape index (κ2) is 9.04. The molecule has 0 aliphatic carbocycles. The monoisotopic (exact) mass is 407 g/mol. The topological polar surface area (TPSA) is 102 Å². The number of aliphatic hydroxyl groups excluding tert-OH is 1. The molecule has 2 atom stereocenters. The maximum absolute atomic E-state index is 12.3. The van der Waals surface area contributed by atoms with Crippen LogP contribution in [0, 0.1) is 0 Å². The molecule has 29 heavy (non-hydrogen) atoms. The summed E-state index contributed by atoms with van der Waals surface area (Å²) in [4.78, 5) is 25.9. The number of aromatic nitrogens is 1. The van der Waals surface area contributed by atoms with Gasteiger partial charge in [0.15, 0.2) is 5.75 Å². The first-order valence-corrected chi connectivity index (χ1v) is 9.38. The molecule has 2 unspecified atom stereocenters. The molecule has 160 valence electrons. The van der Waals surface area contributed by atoms with Crippen LogP contribution in [0.4, 0.5) is 4.79 Å². The summed E-state index contributed by atoms with van der Waals surface area (Å²) in [5.74, 6) is 0.0115. The average Bonchev–Trinajstić information content (AvgIpc) is 3.06. The number of nitrogens with one attached hydrogen (secondary N) is 1. The molecule has 3 rings (SSSR count). The molecule has 0 spiro atoms. The van der Waals surface area contributed by atoms with E-state index in [4.69, 9.17) is 14.2 Å². The highest BCUT2D eigenvalue weighted by atomic mass is 16.8. The molecular formula is C20H29N3O6. The van der Waals surface area contributed by atoms with E-state index in [0.29, 0.717) is 30.8 Å². The predicted molar refractivity (Wildman–Crippen MR) is 109 cm³/mol. The first kappa shape index (κ1) is 22.4. The van der Waals surface area contributed by atoms with Gasteiger partial charge in [-0.25, -0.2) is 4.79 Å². The van der Waals surface area contributed by atoms with Crippen LogP contribution in [-0.4, -0.2) is 52.0 Å². The largest absolute Gasteiger partial charge is 0.511 e. The summed E-state index contributed by atoms with van der Waals surface area (Å²) in [7, 11) is 0. The molecular weight excluding hydrogens is 378 g/mol. The fraction of sp³-hybridized carbons (Fsp3) is 0.500. The molecule has 1 aromatic heterocycles. The summed E-state index contributed by atoms with van der Waals surface area (Å²) < 4.78 is 17.1. The van der Waals surface area contributed by atoms with Crippen LogP contribution >= 0.6 is 0 Å². The van der Waals surface area contributed by atoms with Crippen molar-refractivity contribution >= 4 is 11.9 Å². The smallest absolute Gasteiger partial charge is 0.451 e. The van der Waals surface area contributed by atoms with Gasteiger partial charge in [-0.3, -0.25) is 9.47 Å². The number of hydrogen-bond donors (Lipinski definition) is 2. The SMILES string of the molecule is C=C.C=C1c2c(OCOC(=O)OC(C)(C)CC)c(=O)ccn2NC2C(O)CCN12. The van der Waals surface area contributed by atoms with Gasteiger partial charge >= 0.3 is 6.16 Å². The maximum Gasteiger partial charge on any atom is 0.511 e. The Bertz CT molecular complexity index is 819. The van der Waals surface area contributed by atoms with E-state index < -0.39 is 24.7 Å². The van der Waals surface area contributed by atoms with Crippen molar-refractivity contribution in [3.63, 3.8) is 0 Å². The number of ether oxygens (including phenoxy) is 3. The molecule has 3 heterocycles. The predicted octanol–water partition coefficient (Wildman–Crippen LogP) is 2.25. The minimum absolute atomic E-state index is 0.0115. The van der Waals surface area contributed by atoms with Crippen LogP contribution in [0.3, 0.4) is 0 Å². The van der Waals surface area contributed by atoms with Crippen LogP contribution < -0.4 is 15.6 Å². The molecule has 0 aromatic carbocycles. The second-order valence-corrected chi connectivity index (χ2v) is 7.17. The van der Waals surface area contributed by atoms with Crippen LogP contribution in [0.5, 0.6) is 5.75 Å². The molecule has 0 saturated carbocycles. The van der Waals surface area contributed by atoms with Crippen molar-refractivity contribution in [2.24, 2.45) is 0 Å². The number of rotatable bonds is 5. The zero-order valence-electron chi connectivity index (χ0n) is 17.1. The third-order valence-electron chi connectivity index (χ3n) is 4.90. The third kappa shape index (κ3) is 4.73. The molecule has 2 aliphatic rings. The van der Waals surface area contributed by atoms with E-state index in [1.54, 1.807) is 24.7 Å². The number of carbonyl (C=O) groups is 1. The van der Waals surface area contributed by atoms with Gasteiger partial charge in [-0.05, 0) is 26.7 Å². The van der Waals surface area contributed by atoms with E-state index in [-0.39, 0.29) is 17.3 Å². The Labute approximate surface area is 170 Å². The number of fused-ring (bicyclic) bond motifs is 2. The summed E-state index contributed by atoms with van der Waals surface area (Å²) >= 11 is 0. The summed E-state index contributed by atoms with van der Waals surface area (Å²) in [6.07, 6.45) is 1.04. The molecule has 0 radical (unpaired) electrons. The molecule has 1 saturated heterocycles. The number of nitrogens with zero attached hydrogens (tertiary/aromatic N) is 2. The molecule has 2 N–H and O–H groups in total. The summed E-state index contributed by atoms with van der Waals surface area (Å²) in [5, 5.41) is 10.1. The van der Waals surface area contributed by atoms with E-state index in [2.05, 4.69) is 25.2 Å². The first-order valence-electron chi connectivity index (χ1n) is 9.38. The van der Waals surface area contributed by atoms with Crippen LogP contribution in [0.2, 0.25) is 0 Å². The van der Waals surface area contributed by atoms with E-state index >= 15 is 0 Å². The van der Waals surface area contributed by atoms with Gasteiger partial charge in [-0.1, -0.05) is 13.5 Å². The zero-order valence-corrected chi connectivity index (χ0v) is 17.1. The minimum atomic E-state index is -0.869. The minimum Gasteiger partial charge on any atom is -0.451 e. The van der Waals surface area contributed by atoms with Crippen molar-refractivity contribution in [3.8, 4) is 5.75 Å². The third-order valence-corrected chi connectivity index (χ3v) is 4.90. The molecule has 2 aliphatic heterocycles. The Hall–Kier alpha value is -2.94. The summed E-state index contributed by atoms with van der Waals surface area (Å²) in [6, 6.07) is 1.33. The van der Waals surface area contributed by atoms with Gasteiger partial charge in [-0.2, -0.15) is 0 Å². The lowest BCUT2D eigenvalue weighted by Crippen LogP contribution is -2.49. The summed E-state index contributed by atoms with van der Waals surface area (Å²) in [5.41, 5.74) is 3.09.